The monoisotopic (exact) mass is 462 g/mol. The van der Waals surface area contributed by atoms with Gasteiger partial charge in [-0.05, 0) is 43.0 Å². The maximum atomic E-state index is 11.7. The van der Waals surface area contributed by atoms with Crippen LogP contribution in [0.15, 0.2) is 60.0 Å². The number of sulfone groups is 1. The number of anilines is 1. The third-order valence-electron chi connectivity index (χ3n) is 6.25. The van der Waals surface area contributed by atoms with Gasteiger partial charge in [0, 0.05) is 42.7 Å². The Kier molecular flexibility index (Phi) is 5.57. The molecule has 5 rings (SSSR count). The average molecular weight is 463 g/mol. The number of pyridine rings is 1. The summed E-state index contributed by atoms with van der Waals surface area (Å²) in [5.74, 6) is 0.796. The molecular weight excluding hydrogens is 436 g/mol. The second-order valence-corrected chi connectivity index (χ2v) is 10.5. The van der Waals surface area contributed by atoms with Crippen LogP contribution in [0.5, 0.6) is 0 Å². The van der Waals surface area contributed by atoms with Gasteiger partial charge in [-0.15, -0.1) is 0 Å². The van der Waals surface area contributed by atoms with E-state index >= 15 is 0 Å². The van der Waals surface area contributed by atoms with Crippen LogP contribution in [-0.2, 0) is 16.3 Å². The molecule has 0 bridgehead atoms. The first kappa shape index (κ1) is 21.5. The fourth-order valence-electron chi connectivity index (χ4n) is 4.27. The lowest BCUT2D eigenvalue weighted by molar-refractivity contribution is 0.373. The van der Waals surface area contributed by atoms with E-state index in [-0.39, 0.29) is 0 Å². The number of fused-ring (bicyclic) bond motifs is 1. The molecule has 1 aliphatic rings. The first-order valence-electron chi connectivity index (χ1n) is 11.1. The van der Waals surface area contributed by atoms with Gasteiger partial charge in [0.05, 0.1) is 34.5 Å². The van der Waals surface area contributed by atoms with Crippen molar-refractivity contribution in [2.24, 2.45) is 0 Å². The molecule has 170 valence electrons. The predicted octanol–water partition coefficient (Wildman–Crippen LogP) is 3.70. The molecule has 33 heavy (non-hydrogen) atoms. The summed E-state index contributed by atoms with van der Waals surface area (Å²) in [6.07, 6.45) is 11.6. The van der Waals surface area contributed by atoms with Crippen molar-refractivity contribution >= 4 is 26.7 Å². The number of hydrogen-bond donors (Lipinski definition) is 0. The van der Waals surface area contributed by atoms with Gasteiger partial charge in [0.25, 0.3) is 0 Å². The molecule has 1 saturated heterocycles. The maximum absolute atomic E-state index is 11.7. The fourth-order valence-corrected chi connectivity index (χ4v) is 4.90. The van der Waals surface area contributed by atoms with E-state index in [9.17, 15) is 8.42 Å². The molecule has 9 heteroatoms. The van der Waals surface area contributed by atoms with E-state index in [0.717, 1.165) is 66.0 Å². The van der Waals surface area contributed by atoms with Crippen LogP contribution in [0.1, 0.15) is 31.4 Å². The number of rotatable bonds is 5. The standard InChI is InChI=1S/C24H26N6O2S/c1-3-17-13-26-24(27-14-17)29-10-8-20(9-11-29)30-23-16-25-22(12-19(23)15-28-30)18-4-6-21(7-5-18)33(2,31)32/h4-7,12-16,20H,3,8-11H2,1-2H3. The van der Waals surface area contributed by atoms with E-state index in [1.807, 2.05) is 30.9 Å². The molecule has 0 saturated carbocycles. The Balaban J connectivity index is 1.32. The summed E-state index contributed by atoms with van der Waals surface area (Å²) in [6.45, 7) is 3.87. The van der Waals surface area contributed by atoms with E-state index in [1.165, 1.54) is 6.26 Å². The van der Waals surface area contributed by atoms with E-state index < -0.39 is 9.84 Å². The first-order valence-corrected chi connectivity index (χ1v) is 13.0. The third kappa shape index (κ3) is 4.32. The fraction of sp³-hybridized carbons (Fsp3) is 0.333. The molecule has 0 radical (unpaired) electrons. The molecule has 4 heterocycles. The summed E-state index contributed by atoms with van der Waals surface area (Å²) < 4.78 is 25.5. The summed E-state index contributed by atoms with van der Waals surface area (Å²) in [5, 5.41) is 5.69. The highest BCUT2D eigenvalue weighted by Gasteiger charge is 2.24. The molecule has 0 unspecified atom stereocenters. The number of benzene rings is 1. The Labute approximate surface area is 193 Å². The molecular formula is C24H26N6O2S. The van der Waals surface area contributed by atoms with E-state index in [0.29, 0.717) is 10.9 Å². The average Bonchev–Trinajstić information content (AvgIpc) is 3.27. The second kappa shape index (κ2) is 8.55. The minimum atomic E-state index is -3.22. The molecule has 1 aromatic carbocycles. The molecule has 4 aromatic rings. The Bertz CT molecular complexity index is 1370. The third-order valence-corrected chi connectivity index (χ3v) is 7.38. The Morgan fingerprint density at radius 3 is 2.30 bits per heavy atom. The minimum Gasteiger partial charge on any atom is -0.341 e. The number of nitrogens with zero attached hydrogens (tertiary/aromatic N) is 6. The highest BCUT2D eigenvalue weighted by Crippen LogP contribution is 2.29. The summed E-state index contributed by atoms with van der Waals surface area (Å²) >= 11 is 0. The lowest BCUT2D eigenvalue weighted by atomic mass is 10.1. The highest BCUT2D eigenvalue weighted by molar-refractivity contribution is 7.90. The molecule has 1 aliphatic heterocycles. The molecule has 1 fully saturated rings. The van der Waals surface area contributed by atoms with Crippen LogP contribution in [0.25, 0.3) is 22.2 Å². The summed E-state index contributed by atoms with van der Waals surface area (Å²) in [5.41, 5.74) is 3.83. The Hall–Kier alpha value is -3.33. The SMILES string of the molecule is CCc1cnc(N2CCC(n3ncc4cc(-c5ccc(S(C)(=O)=O)cc5)ncc43)CC2)nc1. The summed E-state index contributed by atoms with van der Waals surface area (Å²) in [7, 11) is -3.22. The molecule has 0 aliphatic carbocycles. The zero-order valence-corrected chi connectivity index (χ0v) is 19.5. The van der Waals surface area contributed by atoms with Gasteiger partial charge in [-0.3, -0.25) is 9.67 Å². The van der Waals surface area contributed by atoms with Gasteiger partial charge in [0.2, 0.25) is 5.95 Å². The van der Waals surface area contributed by atoms with Crippen molar-refractivity contribution in [3.8, 4) is 11.3 Å². The number of hydrogen-bond acceptors (Lipinski definition) is 7. The smallest absolute Gasteiger partial charge is 0.225 e. The van der Waals surface area contributed by atoms with Gasteiger partial charge in [-0.2, -0.15) is 5.10 Å². The Morgan fingerprint density at radius 1 is 0.970 bits per heavy atom. The van der Waals surface area contributed by atoms with Crippen LogP contribution in [0, 0.1) is 0 Å². The van der Waals surface area contributed by atoms with Gasteiger partial charge in [0.1, 0.15) is 0 Å². The lowest BCUT2D eigenvalue weighted by Crippen LogP contribution is -2.36. The van der Waals surface area contributed by atoms with Crippen LogP contribution in [0.3, 0.4) is 0 Å². The van der Waals surface area contributed by atoms with Crippen LogP contribution >= 0.6 is 0 Å². The number of aryl methyl sites for hydroxylation is 1. The normalized spacial score (nSPS) is 15.3. The van der Waals surface area contributed by atoms with Crippen LogP contribution in [0.4, 0.5) is 5.95 Å². The van der Waals surface area contributed by atoms with Gasteiger partial charge in [-0.1, -0.05) is 19.1 Å². The molecule has 8 nitrogen and oxygen atoms in total. The van der Waals surface area contributed by atoms with Gasteiger partial charge >= 0.3 is 0 Å². The van der Waals surface area contributed by atoms with Crippen LogP contribution in [0.2, 0.25) is 0 Å². The molecule has 3 aromatic heterocycles. The van der Waals surface area contributed by atoms with Crippen molar-refractivity contribution in [3.05, 3.63) is 60.7 Å². The van der Waals surface area contributed by atoms with E-state index in [1.54, 1.807) is 24.3 Å². The van der Waals surface area contributed by atoms with Crippen LogP contribution < -0.4 is 4.90 Å². The highest BCUT2D eigenvalue weighted by atomic mass is 32.2. The van der Waals surface area contributed by atoms with Crippen molar-refractivity contribution in [2.45, 2.75) is 37.1 Å². The molecule has 0 amide bonds. The van der Waals surface area contributed by atoms with Crippen molar-refractivity contribution in [1.82, 2.24) is 24.7 Å². The minimum absolute atomic E-state index is 0.301. The zero-order chi connectivity index (χ0) is 23.0. The predicted molar refractivity (Wildman–Crippen MR) is 128 cm³/mol. The van der Waals surface area contributed by atoms with Crippen molar-refractivity contribution in [2.75, 3.05) is 24.2 Å². The second-order valence-electron chi connectivity index (χ2n) is 8.48. The van der Waals surface area contributed by atoms with Crippen molar-refractivity contribution < 1.29 is 8.42 Å². The summed E-state index contributed by atoms with van der Waals surface area (Å²) in [4.78, 5) is 16.2. The largest absolute Gasteiger partial charge is 0.341 e. The van der Waals surface area contributed by atoms with Crippen molar-refractivity contribution in [3.63, 3.8) is 0 Å². The van der Waals surface area contributed by atoms with E-state index in [4.69, 9.17) is 0 Å². The maximum Gasteiger partial charge on any atom is 0.225 e. The van der Waals surface area contributed by atoms with Gasteiger partial charge in [-0.25, -0.2) is 18.4 Å². The van der Waals surface area contributed by atoms with E-state index in [2.05, 4.69) is 36.6 Å². The van der Waals surface area contributed by atoms with Gasteiger partial charge in [0.15, 0.2) is 9.84 Å². The number of piperidine rings is 1. The molecule has 0 spiro atoms. The Morgan fingerprint density at radius 2 is 1.67 bits per heavy atom. The topological polar surface area (TPSA) is 93.9 Å². The van der Waals surface area contributed by atoms with Crippen molar-refractivity contribution in [1.29, 1.82) is 0 Å². The first-order chi connectivity index (χ1) is 15.9. The van der Waals surface area contributed by atoms with Crippen LogP contribution in [-0.4, -0.2) is 52.5 Å². The quantitative estimate of drug-likeness (QED) is 0.446. The summed E-state index contributed by atoms with van der Waals surface area (Å²) in [6, 6.07) is 9.13. The zero-order valence-electron chi connectivity index (χ0n) is 18.7. The number of aromatic nitrogens is 5. The lowest BCUT2D eigenvalue weighted by Gasteiger charge is -2.32. The van der Waals surface area contributed by atoms with Gasteiger partial charge < -0.3 is 4.90 Å². The molecule has 0 atom stereocenters. The molecule has 0 N–H and O–H groups in total.